The summed E-state index contributed by atoms with van der Waals surface area (Å²) in [7, 11) is 1.98. The van der Waals surface area contributed by atoms with Crippen LogP contribution < -0.4 is 21.9 Å². The lowest BCUT2D eigenvalue weighted by Gasteiger charge is -2.23. The summed E-state index contributed by atoms with van der Waals surface area (Å²) < 4.78 is 1.97. The van der Waals surface area contributed by atoms with Gasteiger partial charge < -0.3 is 17.3 Å². The zero-order valence-electron chi connectivity index (χ0n) is 15.3. The van der Waals surface area contributed by atoms with Gasteiger partial charge in [0.25, 0.3) is 0 Å². The van der Waals surface area contributed by atoms with Crippen LogP contribution in [0.4, 0.5) is 16.5 Å². The number of aromatic nitrogens is 1. The van der Waals surface area contributed by atoms with Crippen LogP contribution in [0.2, 0.25) is 0 Å². The van der Waals surface area contributed by atoms with Gasteiger partial charge in [0.1, 0.15) is 11.9 Å². The second-order valence-corrected chi connectivity index (χ2v) is 6.84. The van der Waals surface area contributed by atoms with Crippen LogP contribution in [0.5, 0.6) is 0 Å². The van der Waals surface area contributed by atoms with Gasteiger partial charge in [0.2, 0.25) is 0 Å². The fourth-order valence-electron chi connectivity index (χ4n) is 2.66. The smallest absolute Gasteiger partial charge is 0.408 e. The minimum atomic E-state index is 0. The summed E-state index contributed by atoms with van der Waals surface area (Å²) in [5, 5.41) is 11.7. The predicted molar refractivity (Wildman–Crippen MR) is 104 cm³/mol. The van der Waals surface area contributed by atoms with Crippen molar-refractivity contribution >= 4 is 27.8 Å². The summed E-state index contributed by atoms with van der Waals surface area (Å²) in [6.07, 6.45) is 1.98. The summed E-state index contributed by atoms with van der Waals surface area (Å²) >= 11 is 1.58. The molecule has 0 aliphatic carbocycles. The topological polar surface area (TPSA) is 31.8 Å². The molecule has 0 saturated carbocycles. The number of thiazole rings is 1. The van der Waals surface area contributed by atoms with E-state index in [9.17, 15) is 0 Å². The van der Waals surface area contributed by atoms with Crippen LogP contribution in [0.15, 0.2) is 70.3 Å². The van der Waals surface area contributed by atoms with E-state index in [-0.39, 0.29) is 12.4 Å². The molecule has 3 aromatic rings. The SMILES string of the molecule is CCN(Cc1ccccc1)c1ccc(N=Nc2scc[n+]2C)c(C)c1.[Cl-]. The van der Waals surface area contributed by atoms with E-state index in [1.54, 1.807) is 11.3 Å². The molecule has 0 fully saturated rings. The highest BCUT2D eigenvalue weighted by molar-refractivity contribution is 7.12. The third-order valence-electron chi connectivity index (χ3n) is 4.15. The number of aryl methyl sites for hydroxylation is 2. The summed E-state index contributed by atoms with van der Waals surface area (Å²) in [6, 6.07) is 16.9. The highest BCUT2D eigenvalue weighted by Gasteiger charge is 2.10. The number of hydrogen-bond acceptors (Lipinski definition) is 4. The quantitative estimate of drug-likeness (QED) is 0.472. The summed E-state index contributed by atoms with van der Waals surface area (Å²) in [5.41, 5.74) is 4.57. The summed E-state index contributed by atoms with van der Waals surface area (Å²) in [6.45, 7) is 6.13. The average molecular weight is 387 g/mol. The molecule has 6 heteroatoms. The van der Waals surface area contributed by atoms with Crippen LogP contribution in [0, 0.1) is 6.92 Å². The Kier molecular flexibility index (Phi) is 7.30. The zero-order valence-corrected chi connectivity index (χ0v) is 16.8. The molecule has 0 saturated heterocycles. The Morgan fingerprint density at radius 3 is 2.46 bits per heavy atom. The Labute approximate surface area is 165 Å². The maximum atomic E-state index is 4.42. The predicted octanol–water partition coefficient (Wildman–Crippen LogP) is 2.33. The lowest BCUT2D eigenvalue weighted by atomic mass is 10.1. The Morgan fingerprint density at radius 2 is 1.85 bits per heavy atom. The number of azo groups is 1. The van der Waals surface area contributed by atoms with Crippen molar-refractivity contribution < 1.29 is 17.0 Å². The summed E-state index contributed by atoms with van der Waals surface area (Å²) in [4.78, 5) is 2.36. The minimum Gasteiger partial charge on any atom is -1.00 e. The van der Waals surface area contributed by atoms with E-state index < -0.39 is 0 Å². The van der Waals surface area contributed by atoms with Crippen molar-refractivity contribution in [3.05, 3.63) is 71.2 Å². The van der Waals surface area contributed by atoms with Crippen molar-refractivity contribution in [3.8, 4) is 0 Å². The average Bonchev–Trinajstić information content (AvgIpc) is 3.04. The van der Waals surface area contributed by atoms with E-state index in [1.807, 2.05) is 23.2 Å². The molecule has 1 heterocycles. The van der Waals surface area contributed by atoms with Crippen LogP contribution in [0.3, 0.4) is 0 Å². The first-order chi connectivity index (χ1) is 12.2. The highest BCUT2D eigenvalue weighted by atomic mass is 35.5. The first-order valence-corrected chi connectivity index (χ1v) is 9.29. The maximum absolute atomic E-state index is 4.42. The Balaban J connectivity index is 0.00000243. The van der Waals surface area contributed by atoms with Crippen LogP contribution in [0.1, 0.15) is 18.1 Å². The van der Waals surface area contributed by atoms with Crippen molar-refractivity contribution in [1.82, 2.24) is 0 Å². The minimum absolute atomic E-state index is 0. The molecule has 2 aromatic carbocycles. The van der Waals surface area contributed by atoms with Crippen molar-refractivity contribution in [2.75, 3.05) is 11.4 Å². The number of halogens is 1. The van der Waals surface area contributed by atoms with Crippen molar-refractivity contribution in [1.29, 1.82) is 0 Å². The molecule has 3 rings (SSSR count). The molecule has 0 atom stereocenters. The monoisotopic (exact) mass is 386 g/mol. The molecule has 1 aromatic heterocycles. The van der Waals surface area contributed by atoms with Crippen LogP contribution in [-0.4, -0.2) is 6.54 Å². The Bertz CT molecular complexity index is 861. The van der Waals surface area contributed by atoms with Crippen molar-refractivity contribution in [2.45, 2.75) is 20.4 Å². The lowest BCUT2D eigenvalue weighted by Crippen LogP contribution is -3.00. The fraction of sp³-hybridized carbons (Fsp3) is 0.250. The van der Waals surface area contributed by atoms with Crippen molar-refractivity contribution in [3.63, 3.8) is 0 Å². The Hall–Kier alpha value is -2.24. The van der Waals surface area contributed by atoms with Gasteiger partial charge >= 0.3 is 5.13 Å². The van der Waals surface area contributed by atoms with Crippen LogP contribution >= 0.6 is 11.3 Å². The van der Waals surface area contributed by atoms with Crippen LogP contribution in [0.25, 0.3) is 0 Å². The first kappa shape index (κ1) is 20.1. The van der Waals surface area contributed by atoms with Gasteiger partial charge in [-0.25, -0.2) is 4.57 Å². The standard InChI is InChI=1S/C20H23N4S.ClH/c1-4-24(15-17-8-6-5-7-9-17)18-10-11-19(16(2)14-18)21-22-20-23(3)12-13-25-20;/h5-14H,4,15H2,1-3H3;1H/q+1;/p-1. The van der Waals surface area contributed by atoms with Gasteiger partial charge in [-0.1, -0.05) is 30.3 Å². The van der Waals surface area contributed by atoms with E-state index in [2.05, 4.69) is 77.5 Å². The molecule has 0 amide bonds. The van der Waals surface area contributed by atoms with E-state index in [1.165, 1.54) is 11.3 Å². The van der Waals surface area contributed by atoms with Gasteiger partial charge in [-0.2, -0.15) is 0 Å². The van der Waals surface area contributed by atoms with E-state index in [4.69, 9.17) is 0 Å². The first-order valence-electron chi connectivity index (χ1n) is 8.41. The molecule has 136 valence electrons. The van der Waals surface area contributed by atoms with E-state index in [0.29, 0.717) is 0 Å². The number of hydrogen-bond donors (Lipinski definition) is 0. The molecule has 0 aliphatic heterocycles. The highest BCUT2D eigenvalue weighted by Crippen LogP contribution is 2.27. The number of rotatable bonds is 6. The molecule has 0 aliphatic rings. The van der Waals surface area contributed by atoms with Gasteiger partial charge in [-0.05, 0) is 59.6 Å². The normalized spacial score (nSPS) is 10.7. The van der Waals surface area contributed by atoms with Gasteiger partial charge in [0.05, 0.1) is 12.2 Å². The molecular formula is C20H23ClN4S. The van der Waals surface area contributed by atoms with Crippen molar-refractivity contribution in [2.24, 2.45) is 17.3 Å². The molecule has 0 N–H and O–H groups in total. The van der Waals surface area contributed by atoms with Gasteiger partial charge in [0.15, 0.2) is 0 Å². The molecule has 0 spiro atoms. The number of anilines is 1. The largest absolute Gasteiger partial charge is 1.00 e. The zero-order chi connectivity index (χ0) is 17.6. The lowest BCUT2D eigenvalue weighted by molar-refractivity contribution is -0.654. The van der Waals surface area contributed by atoms with E-state index in [0.717, 1.165) is 29.5 Å². The fourth-order valence-corrected chi connectivity index (χ4v) is 3.34. The molecule has 0 radical (unpaired) electrons. The molecule has 0 unspecified atom stereocenters. The molecule has 0 bridgehead atoms. The van der Waals surface area contributed by atoms with Crippen LogP contribution in [-0.2, 0) is 13.6 Å². The molecule has 26 heavy (non-hydrogen) atoms. The third-order valence-corrected chi connectivity index (χ3v) is 4.98. The van der Waals surface area contributed by atoms with Gasteiger partial charge in [-0.15, -0.1) is 0 Å². The van der Waals surface area contributed by atoms with Gasteiger partial charge in [0, 0.05) is 24.2 Å². The third kappa shape index (κ3) is 4.90. The Morgan fingerprint density at radius 1 is 1.08 bits per heavy atom. The van der Waals surface area contributed by atoms with E-state index >= 15 is 0 Å². The van der Waals surface area contributed by atoms with Gasteiger partial charge in [-0.3, -0.25) is 0 Å². The molecular weight excluding hydrogens is 364 g/mol. The second kappa shape index (κ2) is 9.46. The molecule has 4 nitrogen and oxygen atoms in total. The summed E-state index contributed by atoms with van der Waals surface area (Å²) in [5.74, 6) is 0. The number of benzene rings is 2. The second-order valence-electron chi connectivity index (χ2n) is 5.97. The number of nitrogens with zero attached hydrogens (tertiary/aromatic N) is 4. The maximum Gasteiger partial charge on any atom is 0.408 e.